The summed E-state index contributed by atoms with van der Waals surface area (Å²) in [5.41, 5.74) is 0.697. The van der Waals surface area contributed by atoms with Gasteiger partial charge in [-0.1, -0.05) is 24.1 Å². The van der Waals surface area contributed by atoms with E-state index in [2.05, 4.69) is 16.7 Å². The van der Waals surface area contributed by atoms with Crippen LogP contribution in [0.3, 0.4) is 0 Å². The lowest BCUT2D eigenvalue weighted by molar-refractivity contribution is -0.226. The summed E-state index contributed by atoms with van der Waals surface area (Å²) in [6, 6.07) is 8.94. The number of hydrogen-bond donors (Lipinski definition) is 1. The number of hydrogen-bond acceptors (Lipinski definition) is 3. The van der Waals surface area contributed by atoms with Crippen molar-refractivity contribution < 1.29 is 14.9 Å². The summed E-state index contributed by atoms with van der Waals surface area (Å²) < 4.78 is 0. The smallest absolute Gasteiger partial charge is 0.286 e. The Morgan fingerprint density at radius 2 is 2.00 bits per heavy atom. The van der Waals surface area contributed by atoms with Gasteiger partial charge < -0.3 is 0 Å². The first-order valence-electron chi connectivity index (χ1n) is 3.25. The molecule has 0 spiro atoms. The molecule has 0 aromatic heterocycles. The van der Waals surface area contributed by atoms with Crippen LogP contribution >= 0.6 is 0 Å². The SMILES string of the molecule is O=C(C#Cc1ccccc1)OO. The predicted octanol–water partition coefficient (Wildman–Crippen LogP) is 1.05. The number of carbonyl (C=O) groups is 1. The van der Waals surface area contributed by atoms with E-state index in [1.54, 1.807) is 24.3 Å². The predicted molar refractivity (Wildman–Crippen MR) is 42.0 cm³/mol. The molecular formula is C9H6O3. The molecule has 0 saturated carbocycles. The molecule has 0 unspecified atom stereocenters. The fourth-order valence-corrected chi connectivity index (χ4v) is 0.668. The van der Waals surface area contributed by atoms with E-state index in [-0.39, 0.29) is 0 Å². The molecule has 0 amide bonds. The first kappa shape index (κ1) is 8.31. The highest BCUT2D eigenvalue weighted by molar-refractivity contribution is 5.88. The van der Waals surface area contributed by atoms with Crippen LogP contribution in [0.1, 0.15) is 5.56 Å². The first-order valence-corrected chi connectivity index (χ1v) is 3.25. The van der Waals surface area contributed by atoms with Crippen molar-refractivity contribution in [2.75, 3.05) is 0 Å². The van der Waals surface area contributed by atoms with E-state index in [1.807, 2.05) is 6.07 Å². The fraction of sp³-hybridized carbons (Fsp3) is 0. The van der Waals surface area contributed by atoms with Crippen molar-refractivity contribution in [3.05, 3.63) is 35.9 Å². The minimum atomic E-state index is -0.959. The maximum atomic E-state index is 10.3. The Bertz CT molecular complexity index is 319. The average Bonchev–Trinajstić information content (AvgIpc) is 2.16. The second-order valence-electron chi connectivity index (χ2n) is 1.99. The molecule has 1 rings (SSSR count). The monoisotopic (exact) mass is 162 g/mol. The van der Waals surface area contributed by atoms with Gasteiger partial charge in [0.1, 0.15) is 0 Å². The zero-order chi connectivity index (χ0) is 8.81. The van der Waals surface area contributed by atoms with E-state index in [0.29, 0.717) is 5.56 Å². The molecule has 3 nitrogen and oxygen atoms in total. The van der Waals surface area contributed by atoms with Gasteiger partial charge >= 0.3 is 5.97 Å². The molecule has 0 bridgehead atoms. The van der Waals surface area contributed by atoms with Crippen LogP contribution < -0.4 is 0 Å². The van der Waals surface area contributed by atoms with Gasteiger partial charge in [-0.3, -0.25) is 4.89 Å². The van der Waals surface area contributed by atoms with E-state index >= 15 is 0 Å². The van der Waals surface area contributed by atoms with Crippen LogP contribution in [0.4, 0.5) is 0 Å². The average molecular weight is 162 g/mol. The summed E-state index contributed by atoms with van der Waals surface area (Å²) >= 11 is 0. The highest BCUT2D eigenvalue weighted by Crippen LogP contribution is 1.94. The van der Waals surface area contributed by atoms with E-state index in [1.165, 1.54) is 0 Å². The summed E-state index contributed by atoms with van der Waals surface area (Å²) in [7, 11) is 0. The van der Waals surface area contributed by atoms with E-state index in [4.69, 9.17) is 5.26 Å². The van der Waals surface area contributed by atoms with Gasteiger partial charge in [0.05, 0.1) is 0 Å². The third-order valence-electron chi connectivity index (χ3n) is 1.17. The Kier molecular flexibility index (Phi) is 2.88. The standard InChI is InChI=1S/C9H6O3/c10-9(12-11)7-6-8-4-2-1-3-5-8/h1-5,11H. The van der Waals surface area contributed by atoms with E-state index in [9.17, 15) is 4.79 Å². The number of benzene rings is 1. The molecule has 1 aromatic carbocycles. The van der Waals surface area contributed by atoms with Gasteiger partial charge in [-0.25, -0.2) is 4.79 Å². The van der Waals surface area contributed by atoms with Gasteiger partial charge in [0.2, 0.25) is 0 Å². The van der Waals surface area contributed by atoms with Crippen LogP contribution in [-0.4, -0.2) is 11.2 Å². The Morgan fingerprint density at radius 1 is 1.33 bits per heavy atom. The van der Waals surface area contributed by atoms with E-state index in [0.717, 1.165) is 0 Å². The van der Waals surface area contributed by atoms with Gasteiger partial charge in [-0.2, -0.15) is 5.26 Å². The molecule has 1 aromatic rings. The minimum absolute atomic E-state index is 0.697. The van der Waals surface area contributed by atoms with Crippen molar-refractivity contribution in [3.8, 4) is 11.8 Å². The molecular weight excluding hydrogens is 156 g/mol. The Hall–Kier alpha value is -1.79. The molecule has 12 heavy (non-hydrogen) atoms. The van der Waals surface area contributed by atoms with Crippen LogP contribution in [0.2, 0.25) is 0 Å². The molecule has 0 aliphatic heterocycles. The third-order valence-corrected chi connectivity index (χ3v) is 1.17. The second kappa shape index (κ2) is 4.16. The lowest BCUT2D eigenvalue weighted by atomic mass is 10.2. The van der Waals surface area contributed by atoms with Crippen LogP contribution in [0.15, 0.2) is 30.3 Å². The molecule has 0 atom stereocenters. The Morgan fingerprint density at radius 3 is 2.58 bits per heavy atom. The van der Waals surface area contributed by atoms with E-state index < -0.39 is 5.97 Å². The minimum Gasteiger partial charge on any atom is -0.286 e. The number of rotatable bonds is 0. The van der Waals surface area contributed by atoms with Gasteiger partial charge in [0.25, 0.3) is 0 Å². The van der Waals surface area contributed by atoms with Crippen molar-refractivity contribution in [1.82, 2.24) is 0 Å². The molecule has 0 saturated heterocycles. The normalized spacial score (nSPS) is 8.08. The van der Waals surface area contributed by atoms with Crippen molar-refractivity contribution in [2.45, 2.75) is 0 Å². The molecule has 0 aliphatic carbocycles. The lowest BCUT2D eigenvalue weighted by Crippen LogP contribution is -1.94. The highest BCUT2D eigenvalue weighted by atomic mass is 17.1. The van der Waals surface area contributed by atoms with Gasteiger partial charge in [0, 0.05) is 11.5 Å². The molecule has 0 fully saturated rings. The van der Waals surface area contributed by atoms with Gasteiger partial charge in [-0.15, -0.1) is 0 Å². The summed E-state index contributed by atoms with van der Waals surface area (Å²) in [5.74, 6) is 3.64. The highest BCUT2D eigenvalue weighted by Gasteiger charge is 1.91. The quantitative estimate of drug-likeness (QED) is 0.352. The van der Waals surface area contributed by atoms with Gasteiger partial charge in [0.15, 0.2) is 0 Å². The molecule has 0 radical (unpaired) electrons. The van der Waals surface area contributed by atoms with Crippen molar-refractivity contribution in [1.29, 1.82) is 0 Å². The van der Waals surface area contributed by atoms with Gasteiger partial charge in [-0.05, 0) is 12.1 Å². The molecule has 0 aliphatic rings. The summed E-state index contributed by atoms with van der Waals surface area (Å²) in [5, 5.41) is 7.86. The largest absolute Gasteiger partial charge is 0.416 e. The van der Waals surface area contributed by atoms with Crippen molar-refractivity contribution >= 4 is 5.97 Å². The number of carbonyl (C=O) groups excluding carboxylic acids is 1. The summed E-state index contributed by atoms with van der Waals surface area (Å²) in [6.45, 7) is 0. The molecule has 0 heterocycles. The van der Waals surface area contributed by atoms with Crippen molar-refractivity contribution in [3.63, 3.8) is 0 Å². The topological polar surface area (TPSA) is 46.5 Å². The van der Waals surface area contributed by atoms with Crippen molar-refractivity contribution in [2.24, 2.45) is 0 Å². The zero-order valence-corrected chi connectivity index (χ0v) is 6.15. The Balaban J connectivity index is 2.74. The zero-order valence-electron chi connectivity index (χ0n) is 6.15. The lowest BCUT2D eigenvalue weighted by Gasteiger charge is -1.85. The fourth-order valence-electron chi connectivity index (χ4n) is 0.668. The van der Waals surface area contributed by atoms with Crippen LogP contribution in [0.25, 0.3) is 0 Å². The first-order chi connectivity index (χ1) is 5.83. The molecule has 3 heteroatoms. The third kappa shape index (κ3) is 2.45. The van der Waals surface area contributed by atoms with Crippen LogP contribution in [0, 0.1) is 11.8 Å². The summed E-state index contributed by atoms with van der Waals surface area (Å²) in [4.78, 5) is 13.7. The summed E-state index contributed by atoms with van der Waals surface area (Å²) in [6.07, 6.45) is 0. The molecule has 60 valence electrons. The second-order valence-corrected chi connectivity index (χ2v) is 1.99. The maximum absolute atomic E-state index is 10.3. The maximum Gasteiger partial charge on any atom is 0.416 e. The van der Waals surface area contributed by atoms with Crippen LogP contribution in [-0.2, 0) is 9.68 Å². The molecule has 1 N–H and O–H groups in total. The van der Waals surface area contributed by atoms with Crippen LogP contribution in [0.5, 0.6) is 0 Å². The Labute approximate surface area is 69.5 Å².